The van der Waals surface area contributed by atoms with Gasteiger partial charge in [0.1, 0.15) is 5.69 Å². The highest BCUT2D eigenvalue weighted by Crippen LogP contribution is 2.14. The molecule has 8 nitrogen and oxygen atoms in total. The fourth-order valence-electron chi connectivity index (χ4n) is 0.865. The maximum Gasteiger partial charge on any atom is 0.490 e. The van der Waals surface area contributed by atoms with E-state index in [0.717, 1.165) is 0 Å². The zero-order valence-electron chi connectivity index (χ0n) is 9.42. The molecule has 3 N–H and O–H groups in total. The van der Waals surface area contributed by atoms with Crippen LogP contribution in [0.3, 0.4) is 0 Å². The predicted octanol–water partition coefficient (Wildman–Crippen LogP) is 1.62. The monoisotopic (exact) mass is 296 g/mol. The summed E-state index contributed by atoms with van der Waals surface area (Å²) in [6.45, 7) is 0. The molecule has 0 saturated heterocycles. The molecular weight excluding hydrogens is 289 g/mol. The quantitative estimate of drug-likeness (QED) is 0.570. The summed E-state index contributed by atoms with van der Waals surface area (Å²) in [5, 5.41) is 25.0. The van der Waals surface area contributed by atoms with Crippen LogP contribution < -0.4 is 5.43 Å². The first-order valence-electron chi connectivity index (χ1n) is 4.59. The van der Waals surface area contributed by atoms with Crippen molar-refractivity contribution in [2.75, 3.05) is 5.43 Å². The van der Waals surface area contributed by atoms with Crippen LogP contribution in [0.4, 0.5) is 18.9 Å². The molecule has 0 atom stereocenters. The van der Waals surface area contributed by atoms with Gasteiger partial charge in [-0.2, -0.15) is 13.2 Å². The summed E-state index contributed by atoms with van der Waals surface area (Å²) in [5.74, 6) is -3.96. The second-order valence-corrected chi connectivity index (χ2v) is 3.02. The fraction of sp³-hybridized carbons (Fsp3) is 0.111. The molecular formula is C9H7F3N2O6. The first kappa shape index (κ1) is 17.2. The zero-order chi connectivity index (χ0) is 15.9. The Bertz CT molecular complexity index is 517. The number of aromatic carboxylic acids is 1. The van der Waals surface area contributed by atoms with Crippen molar-refractivity contribution in [3.05, 3.63) is 39.9 Å². The molecule has 0 fully saturated rings. The molecule has 0 unspecified atom stereocenters. The molecule has 1 rings (SSSR count). The van der Waals surface area contributed by atoms with Gasteiger partial charge in [-0.05, 0) is 12.1 Å². The molecule has 0 heterocycles. The molecule has 0 aliphatic rings. The molecule has 11 heteroatoms. The van der Waals surface area contributed by atoms with E-state index >= 15 is 0 Å². The van der Waals surface area contributed by atoms with Crippen molar-refractivity contribution < 1.29 is 38.0 Å². The molecule has 0 spiro atoms. The Morgan fingerprint density at radius 3 is 2.00 bits per heavy atom. The molecule has 0 saturated carbocycles. The van der Waals surface area contributed by atoms with Crippen LogP contribution in [0.1, 0.15) is 10.4 Å². The second kappa shape index (κ2) is 6.92. The summed E-state index contributed by atoms with van der Waals surface area (Å²) in [7, 11) is 0. The summed E-state index contributed by atoms with van der Waals surface area (Å²) in [5.41, 5.74) is 1.64. The Morgan fingerprint density at radius 2 is 1.65 bits per heavy atom. The summed E-state index contributed by atoms with van der Waals surface area (Å²) < 4.78 is 31.7. The maximum absolute atomic E-state index is 10.6. The summed E-state index contributed by atoms with van der Waals surface area (Å²) in [6, 6.07) is 5.62. The Morgan fingerprint density at radius 1 is 1.20 bits per heavy atom. The van der Waals surface area contributed by atoms with E-state index in [1.807, 2.05) is 0 Å². The van der Waals surface area contributed by atoms with Crippen LogP contribution in [0.5, 0.6) is 0 Å². The normalized spacial score (nSPS) is 9.95. The minimum atomic E-state index is -5.08. The number of aliphatic carboxylic acids is 1. The van der Waals surface area contributed by atoms with Crippen molar-refractivity contribution >= 4 is 17.6 Å². The van der Waals surface area contributed by atoms with Crippen LogP contribution in [0.2, 0.25) is 0 Å². The fourth-order valence-corrected chi connectivity index (χ4v) is 0.865. The Kier molecular flexibility index (Phi) is 5.93. The molecule has 0 radical (unpaired) electrons. The topological polar surface area (TPSA) is 130 Å². The van der Waals surface area contributed by atoms with Gasteiger partial charge in [-0.3, -0.25) is 0 Å². The molecule has 1 aromatic rings. The number of hydrogen-bond donors (Lipinski definition) is 3. The highest BCUT2D eigenvalue weighted by atomic mass is 19.4. The minimum Gasteiger partial charge on any atom is -0.478 e. The summed E-state index contributed by atoms with van der Waals surface area (Å²) in [6.07, 6.45) is -5.08. The lowest BCUT2D eigenvalue weighted by Gasteiger charge is -2.00. The van der Waals surface area contributed by atoms with E-state index in [0.29, 0.717) is 0 Å². The number of nitrogens with one attached hydrogen (secondary N) is 1. The number of nitrogens with zero attached hydrogens (tertiary/aromatic N) is 1. The Hall–Kier alpha value is -2.85. The lowest BCUT2D eigenvalue weighted by molar-refractivity contribution is -0.445. The van der Waals surface area contributed by atoms with Crippen LogP contribution in [0, 0.1) is 10.1 Å². The molecule has 1 aromatic carbocycles. The summed E-state index contributed by atoms with van der Waals surface area (Å²) in [4.78, 5) is 29.5. The molecule has 110 valence electrons. The Labute approximate surface area is 108 Å². The van der Waals surface area contributed by atoms with Crippen molar-refractivity contribution in [3.8, 4) is 0 Å². The number of anilines is 1. The van der Waals surface area contributed by atoms with Gasteiger partial charge in [-0.25, -0.2) is 19.7 Å². The molecule has 0 aliphatic heterocycles. The number of rotatable bonds is 3. The lowest BCUT2D eigenvalue weighted by atomic mass is 10.2. The first-order chi connectivity index (χ1) is 9.05. The van der Waals surface area contributed by atoms with Gasteiger partial charge in [0.25, 0.3) is 0 Å². The summed E-state index contributed by atoms with van der Waals surface area (Å²) >= 11 is 0. The van der Waals surface area contributed by atoms with E-state index in [-0.39, 0.29) is 11.3 Å². The van der Waals surface area contributed by atoms with Crippen molar-refractivity contribution in [1.82, 2.24) is 0 Å². The Balaban J connectivity index is 0.000000441. The van der Waals surface area contributed by atoms with Gasteiger partial charge in [0, 0.05) is 0 Å². The standard InChI is InChI=1S/C7H6N2O4.C2HF3O2/c10-7(11)5-3-1-2-4-6(5)8-9(12)13;3-2(4,5)1(6)7/h1-4,8H,(H,10,11);(H,6,7). The van der Waals surface area contributed by atoms with Crippen molar-refractivity contribution in [3.63, 3.8) is 0 Å². The zero-order valence-corrected chi connectivity index (χ0v) is 9.42. The largest absolute Gasteiger partial charge is 0.490 e. The number of benzene rings is 1. The second-order valence-electron chi connectivity index (χ2n) is 3.02. The highest BCUT2D eigenvalue weighted by molar-refractivity contribution is 5.93. The number of halogens is 3. The van der Waals surface area contributed by atoms with E-state index < -0.39 is 23.1 Å². The lowest BCUT2D eigenvalue weighted by Crippen LogP contribution is -2.21. The average molecular weight is 296 g/mol. The number of hydrogen-bond acceptors (Lipinski definition) is 4. The van der Waals surface area contributed by atoms with Crippen molar-refractivity contribution in [1.29, 1.82) is 0 Å². The minimum absolute atomic E-state index is 0.0278. The number of nitro groups is 1. The van der Waals surface area contributed by atoms with Crippen LogP contribution >= 0.6 is 0 Å². The van der Waals surface area contributed by atoms with E-state index in [1.54, 1.807) is 5.43 Å². The highest BCUT2D eigenvalue weighted by Gasteiger charge is 2.38. The van der Waals surface area contributed by atoms with Gasteiger partial charge in [-0.15, -0.1) is 5.43 Å². The van der Waals surface area contributed by atoms with Crippen LogP contribution in [-0.4, -0.2) is 33.4 Å². The van der Waals surface area contributed by atoms with Gasteiger partial charge < -0.3 is 10.2 Å². The third-order valence-electron chi connectivity index (χ3n) is 1.61. The third kappa shape index (κ3) is 6.18. The number of carbonyl (C=O) groups is 2. The van der Waals surface area contributed by atoms with Gasteiger partial charge in [0.15, 0.2) is 5.03 Å². The van der Waals surface area contributed by atoms with Gasteiger partial charge >= 0.3 is 18.1 Å². The maximum atomic E-state index is 10.6. The van der Waals surface area contributed by atoms with E-state index in [1.165, 1.54) is 24.3 Å². The number of para-hydroxylation sites is 1. The third-order valence-corrected chi connectivity index (χ3v) is 1.61. The SMILES string of the molecule is O=C(O)C(F)(F)F.O=C(O)c1ccccc1N[N+](=O)[O-]. The number of hydrazine groups is 1. The van der Waals surface area contributed by atoms with Gasteiger partial charge in [0.05, 0.1) is 5.56 Å². The number of carboxylic acids is 2. The van der Waals surface area contributed by atoms with Crippen LogP contribution in [0.25, 0.3) is 0 Å². The molecule has 20 heavy (non-hydrogen) atoms. The van der Waals surface area contributed by atoms with Gasteiger partial charge in [-0.1, -0.05) is 12.1 Å². The van der Waals surface area contributed by atoms with E-state index in [2.05, 4.69) is 0 Å². The molecule has 0 aromatic heterocycles. The van der Waals surface area contributed by atoms with Crippen LogP contribution in [0.15, 0.2) is 24.3 Å². The molecule has 0 amide bonds. The van der Waals surface area contributed by atoms with Gasteiger partial charge in [0.2, 0.25) is 0 Å². The number of alkyl halides is 3. The number of carboxylic acid groups (broad SMARTS) is 2. The predicted molar refractivity (Wildman–Crippen MR) is 57.7 cm³/mol. The molecule has 0 aliphatic carbocycles. The average Bonchev–Trinajstić information content (AvgIpc) is 2.28. The van der Waals surface area contributed by atoms with E-state index in [9.17, 15) is 28.1 Å². The van der Waals surface area contributed by atoms with E-state index in [4.69, 9.17) is 15.0 Å². The molecule has 0 bridgehead atoms. The first-order valence-corrected chi connectivity index (χ1v) is 4.59. The smallest absolute Gasteiger partial charge is 0.478 e. The van der Waals surface area contributed by atoms with Crippen molar-refractivity contribution in [2.24, 2.45) is 0 Å². The van der Waals surface area contributed by atoms with Crippen LogP contribution in [-0.2, 0) is 4.79 Å². The van der Waals surface area contributed by atoms with Crippen molar-refractivity contribution in [2.45, 2.75) is 6.18 Å².